The number of carbonyl (C=O) groups is 3. The van der Waals surface area contributed by atoms with Crippen LogP contribution in [-0.2, 0) is 14.4 Å². The van der Waals surface area contributed by atoms with Crippen LogP contribution in [0.1, 0.15) is 11.1 Å². The van der Waals surface area contributed by atoms with Crippen molar-refractivity contribution < 1.29 is 29.0 Å². The molecule has 1 aliphatic rings. The van der Waals surface area contributed by atoms with Gasteiger partial charge in [-0.05, 0) is 42.8 Å². The van der Waals surface area contributed by atoms with Gasteiger partial charge >= 0.3 is 5.97 Å². The molecule has 0 atom stereocenters. The molecule has 8 nitrogen and oxygen atoms in total. The average Bonchev–Trinajstić information content (AvgIpc) is 2.95. The first-order valence-corrected chi connectivity index (χ1v) is 8.35. The number of anilines is 1. The number of hydrogen-bond donors (Lipinski definition) is 2. The number of nitrogens with zero attached hydrogens (tertiary/aromatic N) is 1. The highest BCUT2D eigenvalue weighted by Crippen LogP contribution is 2.30. The Morgan fingerprint density at radius 2 is 1.86 bits per heavy atom. The zero-order valence-corrected chi connectivity index (χ0v) is 15.3. The first-order valence-electron chi connectivity index (χ1n) is 8.35. The Balaban J connectivity index is 1.86. The van der Waals surface area contributed by atoms with Crippen molar-refractivity contribution in [3.8, 4) is 11.5 Å². The zero-order valence-electron chi connectivity index (χ0n) is 15.3. The van der Waals surface area contributed by atoms with Gasteiger partial charge in [0.25, 0.3) is 11.8 Å². The van der Waals surface area contributed by atoms with Gasteiger partial charge < -0.3 is 14.6 Å². The van der Waals surface area contributed by atoms with E-state index >= 15 is 0 Å². The van der Waals surface area contributed by atoms with Gasteiger partial charge in [0.05, 0.1) is 12.8 Å². The van der Waals surface area contributed by atoms with Crippen LogP contribution in [-0.4, -0.2) is 36.6 Å². The van der Waals surface area contributed by atoms with E-state index in [4.69, 9.17) is 14.6 Å². The molecule has 0 spiro atoms. The lowest BCUT2D eigenvalue weighted by atomic mass is 10.1. The smallest absolute Gasteiger partial charge is 0.341 e. The van der Waals surface area contributed by atoms with Crippen molar-refractivity contribution in [1.82, 2.24) is 5.43 Å². The van der Waals surface area contributed by atoms with Gasteiger partial charge in [0, 0.05) is 0 Å². The second kappa shape index (κ2) is 7.83. The molecule has 8 heteroatoms. The number of benzene rings is 2. The molecule has 0 unspecified atom stereocenters. The van der Waals surface area contributed by atoms with Crippen LogP contribution in [0.3, 0.4) is 0 Å². The highest BCUT2D eigenvalue weighted by atomic mass is 16.5. The summed E-state index contributed by atoms with van der Waals surface area (Å²) in [6, 6.07) is 11.8. The Hall–Kier alpha value is -3.81. The van der Waals surface area contributed by atoms with E-state index in [-0.39, 0.29) is 17.1 Å². The second-order valence-corrected chi connectivity index (χ2v) is 6.07. The topological polar surface area (TPSA) is 105 Å². The number of carbonyl (C=O) groups excluding carboxylic acids is 2. The summed E-state index contributed by atoms with van der Waals surface area (Å²) in [5.41, 5.74) is 4.64. The second-order valence-electron chi connectivity index (χ2n) is 6.07. The van der Waals surface area contributed by atoms with Crippen molar-refractivity contribution in [2.75, 3.05) is 18.7 Å². The standard InChI is InChI=1S/C20H18N2O6/c1-12-3-6-14(7-4-12)22-20(26)15(19(25)21-22)9-13-5-8-16(17(10-13)27-2)28-11-18(23)24/h3-10H,11H2,1-2H3,(H,21,25)(H,23,24)/b15-9+. The van der Waals surface area contributed by atoms with Crippen molar-refractivity contribution in [2.24, 2.45) is 0 Å². The molecular formula is C20H18N2O6. The van der Waals surface area contributed by atoms with Crippen LogP contribution in [0.25, 0.3) is 6.08 Å². The van der Waals surface area contributed by atoms with Gasteiger partial charge in [-0.25, -0.2) is 9.80 Å². The van der Waals surface area contributed by atoms with E-state index in [1.807, 2.05) is 19.1 Å². The normalized spacial score (nSPS) is 14.9. The molecule has 2 N–H and O–H groups in total. The predicted octanol–water partition coefficient (Wildman–Crippen LogP) is 1.93. The molecule has 2 aromatic carbocycles. The van der Waals surface area contributed by atoms with E-state index in [0.717, 1.165) is 5.56 Å². The molecule has 0 aliphatic carbocycles. The number of carboxylic acid groups (broad SMARTS) is 1. The van der Waals surface area contributed by atoms with Crippen molar-refractivity contribution in [1.29, 1.82) is 0 Å². The summed E-state index contributed by atoms with van der Waals surface area (Å²) in [4.78, 5) is 35.6. The third-order valence-corrected chi connectivity index (χ3v) is 4.03. The maximum atomic E-state index is 12.7. The van der Waals surface area contributed by atoms with Crippen molar-refractivity contribution in [3.63, 3.8) is 0 Å². The molecule has 0 aromatic heterocycles. The third kappa shape index (κ3) is 3.96. The number of carboxylic acids is 1. The Kier molecular flexibility index (Phi) is 5.30. The molecule has 144 valence electrons. The maximum absolute atomic E-state index is 12.7. The summed E-state index contributed by atoms with van der Waals surface area (Å²) < 4.78 is 10.3. The van der Waals surface area contributed by atoms with Gasteiger partial charge in [-0.15, -0.1) is 0 Å². The highest BCUT2D eigenvalue weighted by Gasteiger charge is 2.34. The molecule has 28 heavy (non-hydrogen) atoms. The molecule has 2 amide bonds. The molecule has 2 aromatic rings. The molecule has 0 bridgehead atoms. The lowest BCUT2D eigenvalue weighted by molar-refractivity contribution is -0.139. The maximum Gasteiger partial charge on any atom is 0.341 e. The molecule has 1 saturated heterocycles. The Morgan fingerprint density at radius 1 is 1.14 bits per heavy atom. The highest BCUT2D eigenvalue weighted by molar-refractivity contribution is 6.31. The van der Waals surface area contributed by atoms with E-state index in [1.54, 1.807) is 24.3 Å². The van der Waals surface area contributed by atoms with E-state index in [2.05, 4.69) is 5.43 Å². The Morgan fingerprint density at radius 3 is 2.50 bits per heavy atom. The number of ether oxygens (including phenoxy) is 2. The third-order valence-electron chi connectivity index (χ3n) is 4.03. The van der Waals surface area contributed by atoms with Gasteiger partial charge in [-0.2, -0.15) is 0 Å². The van der Waals surface area contributed by atoms with Crippen molar-refractivity contribution in [3.05, 3.63) is 59.2 Å². The number of aliphatic carboxylic acids is 1. The van der Waals surface area contributed by atoms with Gasteiger partial charge in [0.2, 0.25) is 0 Å². The zero-order chi connectivity index (χ0) is 20.3. The van der Waals surface area contributed by atoms with E-state index in [0.29, 0.717) is 11.3 Å². The summed E-state index contributed by atoms with van der Waals surface area (Å²) in [6.45, 7) is 1.42. The van der Waals surface area contributed by atoms with Gasteiger partial charge in [0.15, 0.2) is 18.1 Å². The Labute approximate surface area is 160 Å². The number of hydrogen-bond acceptors (Lipinski definition) is 5. The minimum absolute atomic E-state index is 0.0261. The summed E-state index contributed by atoms with van der Waals surface area (Å²) in [6.07, 6.45) is 1.44. The molecule has 1 heterocycles. The minimum atomic E-state index is -1.11. The lowest BCUT2D eigenvalue weighted by Gasteiger charge is -2.14. The number of rotatable bonds is 6. The SMILES string of the molecule is COc1cc(/C=C2\C(=O)NN(c3ccc(C)cc3)C2=O)ccc1OCC(=O)O. The van der Waals surface area contributed by atoms with Gasteiger partial charge in [-0.3, -0.25) is 15.0 Å². The summed E-state index contributed by atoms with van der Waals surface area (Å²) in [5, 5.41) is 9.90. The van der Waals surface area contributed by atoms with Crippen molar-refractivity contribution in [2.45, 2.75) is 6.92 Å². The van der Waals surface area contributed by atoms with Crippen LogP contribution in [0.15, 0.2) is 48.0 Å². The summed E-state index contributed by atoms with van der Waals surface area (Å²) in [5.74, 6) is -1.57. The quantitative estimate of drug-likeness (QED) is 0.584. The lowest BCUT2D eigenvalue weighted by Crippen LogP contribution is -2.35. The molecule has 0 radical (unpaired) electrons. The summed E-state index contributed by atoms with van der Waals surface area (Å²) in [7, 11) is 1.41. The van der Waals surface area contributed by atoms with Gasteiger partial charge in [0.1, 0.15) is 5.57 Å². The monoisotopic (exact) mass is 382 g/mol. The fourth-order valence-electron chi connectivity index (χ4n) is 2.63. The first-order chi connectivity index (χ1) is 13.4. The molecule has 0 saturated carbocycles. The Bertz CT molecular complexity index is 965. The average molecular weight is 382 g/mol. The molecular weight excluding hydrogens is 364 g/mol. The van der Waals surface area contributed by atoms with Crippen LogP contribution in [0, 0.1) is 6.92 Å². The summed E-state index contributed by atoms with van der Waals surface area (Å²) >= 11 is 0. The number of amides is 2. The largest absolute Gasteiger partial charge is 0.493 e. The number of aryl methyl sites for hydroxylation is 1. The van der Waals surface area contributed by atoms with E-state index < -0.39 is 24.4 Å². The van der Waals surface area contributed by atoms with Crippen molar-refractivity contribution >= 4 is 29.5 Å². The fourth-order valence-corrected chi connectivity index (χ4v) is 2.63. The van der Waals surface area contributed by atoms with Crippen LogP contribution in [0.5, 0.6) is 11.5 Å². The minimum Gasteiger partial charge on any atom is -0.493 e. The van der Waals surface area contributed by atoms with E-state index in [9.17, 15) is 14.4 Å². The van der Waals surface area contributed by atoms with Crippen LogP contribution < -0.4 is 19.9 Å². The number of methoxy groups -OCH3 is 1. The first kappa shape index (κ1) is 19.0. The van der Waals surface area contributed by atoms with Crippen LogP contribution >= 0.6 is 0 Å². The van der Waals surface area contributed by atoms with Crippen LogP contribution in [0.4, 0.5) is 5.69 Å². The number of nitrogens with one attached hydrogen (secondary N) is 1. The fraction of sp³-hybridized carbons (Fsp3) is 0.150. The molecule has 3 rings (SSSR count). The van der Waals surface area contributed by atoms with E-state index in [1.165, 1.54) is 24.3 Å². The number of hydrazine groups is 1. The molecule has 1 aliphatic heterocycles. The predicted molar refractivity (Wildman–Crippen MR) is 101 cm³/mol. The molecule has 1 fully saturated rings. The van der Waals surface area contributed by atoms with Crippen LogP contribution in [0.2, 0.25) is 0 Å². The van der Waals surface area contributed by atoms with Gasteiger partial charge in [-0.1, -0.05) is 23.8 Å².